The van der Waals surface area contributed by atoms with Crippen LogP contribution in [0.2, 0.25) is 0 Å². The van der Waals surface area contributed by atoms with Crippen LogP contribution in [0.4, 0.5) is 4.79 Å². The van der Waals surface area contributed by atoms with Crippen LogP contribution in [0, 0.1) is 12.8 Å². The highest BCUT2D eigenvalue weighted by Crippen LogP contribution is 2.19. The summed E-state index contributed by atoms with van der Waals surface area (Å²) in [5.74, 6) is 0.418. The quantitative estimate of drug-likeness (QED) is 0.740. The van der Waals surface area contributed by atoms with Gasteiger partial charge in [0.15, 0.2) is 0 Å². The van der Waals surface area contributed by atoms with Gasteiger partial charge >= 0.3 is 6.03 Å². The van der Waals surface area contributed by atoms with E-state index in [0.717, 1.165) is 31.2 Å². The van der Waals surface area contributed by atoms with Gasteiger partial charge in [-0.1, -0.05) is 56.5 Å². The molecule has 0 spiro atoms. The molecule has 25 heavy (non-hydrogen) atoms. The maximum absolute atomic E-state index is 12.2. The summed E-state index contributed by atoms with van der Waals surface area (Å²) in [4.78, 5) is 24.3. The van der Waals surface area contributed by atoms with Crippen LogP contribution in [-0.2, 0) is 11.3 Å². The number of benzene rings is 1. The lowest BCUT2D eigenvalue weighted by Crippen LogP contribution is -2.55. The number of hydrogen-bond donors (Lipinski definition) is 3. The van der Waals surface area contributed by atoms with E-state index in [1.807, 2.05) is 45.0 Å². The normalized spacial score (nSPS) is 20.2. The van der Waals surface area contributed by atoms with Crippen LogP contribution in [0.3, 0.4) is 0 Å². The smallest absolute Gasteiger partial charge is 0.315 e. The Hall–Kier alpha value is -2.04. The van der Waals surface area contributed by atoms with Crippen LogP contribution in [0.15, 0.2) is 24.3 Å². The molecular formula is C20H31N3O2. The number of hydrogen-bond acceptors (Lipinski definition) is 2. The molecule has 0 bridgehead atoms. The highest BCUT2D eigenvalue weighted by Gasteiger charge is 2.27. The summed E-state index contributed by atoms with van der Waals surface area (Å²) in [7, 11) is 0. The predicted molar refractivity (Wildman–Crippen MR) is 100 cm³/mol. The minimum Gasteiger partial charge on any atom is -0.351 e. The lowest BCUT2D eigenvalue weighted by Gasteiger charge is -2.33. The van der Waals surface area contributed by atoms with E-state index in [-0.39, 0.29) is 24.0 Å². The summed E-state index contributed by atoms with van der Waals surface area (Å²) >= 11 is 0. The lowest BCUT2D eigenvalue weighted by atomic mass is 9.90. The fourth-order valence-corrected chi connectivity index (χ4v) is 3.22. The number of urea groups is 1. The molecular weight excluding hydrogens is 314 g/mol. The molecule has 138 valence electrons. The molecule has 5 nitrogen and oxygen atoms in total. The first-order valence-corrected chi connectivity index (χ1v) is 9.33. The van der Waals surface area contributed by atoms with E-state index >= 15 is 0 Å². The lowest BCUT2D eigenvalue weighted by molar-refractivity contribution is -0.122. The van der Waals surface area contributed by atoms with Crippen molar-refractivity contribution in [2.45, 2.75) is 71.5 Å². The number of aryl methyl sites for hydroxylation is 1. The highest BCUT2D eigenvalue weighted by atomic mass is 16.2. The van der Waals surface area contributed by atoms with E-state index in [2.05, 4.69) is 16.0 Å². The van der Waals surface area contributed by atoms with Crippen molar-refractivity contribution in [1.82, 2.24) is 16.0 Å². The summed E-state index contributed by atoms with van der Waals surface area (Å²) in [5, 5.41) is 9.06. The van der Waals surface area contributed by atoms with Crippen LogP contribution in [0.1, 0.15) is 57.1 Å². The Morgan fingerprint density at radius 1 is 1.04 bits per heavy atom. The molecule has 3 amide bonds. The minimum absolute atomic E-state index is 0.00267. The van der Waals surface area contributed by atoms with Crippen LogP contribution in [-0.4, -0.2) is 24.0 Å². The molecule has 5 heteroatoms. The number of nitrogens with one attached hydrogen (secondary N) is 3. The van der Waals surface area contributed by atoms with Gasteiger partial charge in [-0.05, 0) is 31.2 Å². The monoisotopic (exact) mass is 345 g/mol. The van der Waals surface area contributed by atoms with Gasteiger partial charge in [0.25, 0.3) is 0 Å². The van der Waals surface area contributed by atoms with Crippen molar-refractivity contribution in [2.24, 2.45) is 5.92 Å². The Balaban J connectivity index is 1.81. The molecule has 1 aromatic rings. The van der Waals surface area contributed by atoms with Gasteiger partial charge in [0.05, 0.1) is 6.04 Å². The number of amides is 3. The number of carbonyl (C=O) groups is 2. The first-order chi connectivity index (χ1) is 11.9. The topological polar surface area (TPSA) is 70.2 Å². The second-order valence-corrected chi connectivity index (χ2v) is 7.48. The van der Waals surface area contributed by atoms with E-state index < -0.39 is 0 Å². The minimum atomic E-state index is -0.171. The zero-order chi connectivity index (χ0) is 18.2. The maximum Gasteiger partial charge on any atom is 0.315 e. The van der Waals surface area contributed by atoms with Gasteiger partial charge in [-0.3, -0.25) is 4.79 Å². The van der Waals surface area contributed by atoms with Gasteiger partial charge in [-0.2, -0.15) is 0 Å². The number of carbonyl (C=O) groups excluding carboxylic acids is 2. The zero-order valence-electron chi connectivity index (χ0n) is 15.6. The second-order valence-electron chi connectivity index (χ2n) is 7.48. The first kappa shape index (κ1) is 19.3. The molecule has 0 aliphatic heterocycles. The van der Waals surface area contributed by atoms with Crippen LogP contribution >= 0.6 is 0 Å². The molecule has 1 aliphatic carbocycles. The van der Waals surface area contributed by atoms with Gasteiger partial charge in [0, 0.05) is 19.0 Å². The molecule has 0 heterocycles. The third kappa shape index (κ3) is 6.77. The van der Waals surface area contributed by atoms with E-state index in [1.54, 1.807) is 0 Å². The average Bonchev–Trinajstić information content (AvgIpc) is 2.55. The van der Waals surface area contributed by atoms with Gasteiger partial charge < -0.3 is 16.0 Å². The number of rotatable bonds is 6. The molecule has 1 aliphatic rings. The second kappa shape index (κ2) is 9.44. The fourth-order valence-electron chi connectivity index (χ4n) is 3.22. The van der Waals surface area contributed by atoms with Crippen LogP contribution in [0.25, 0.3) is 0 Å². The van der Waals surface area contributed by atoms with Gasteiger partial charge in [0.1, 0.15) is 0 Å². The molecule has 2 rings (SSSR count). The molecule has 2 atom stereocenters. The van der Waals surface area contributed by atoms with Crippen LogP contribution < -0.4 is 16.0 Å². The standard InChI is InChI=1S/C20H31N3O2/c1-14(2)12-19(24)22-17-6-4-5-7-18(17)23-20(25)21-13-16-10-8-15(3)9-11-16/h8-11,14,17-18H,4-7,12-13H2,1-3H3,(H,22,24)(H2,21,23,25). The van der Waals surface area contributed by atoms with Crippen molar-refractivity contribution in [1.29, 1.82) is 0 Å². The Morgan fingerprint density at radius 2 is 1.64 bits per heavy atom. The SMILES string of the molecule is Cc1ccc(CNC(=O)NC2CCCCC2NC(=O)CC(C)C)cc1. The first-order valence-electron chi connectivity index (χ1n) is 9.33. The zero-order valence-corrected chi connectivity index (χ0v) is 15.6. The molecule has 2 unspecified atom stereocenters. The van der Waals surface area contributed by atoms with Crippen molar-refractivity contribution in [3.8, 4) is 0 Å². The summed E-state index contributed by atoms with van der Waals surface area (Å²) in [6.07, 6.45) is 4.54. The maximum atomic E-state index is 12.2. The molecule has 1 saturated carbocycles. The Kier molecular flexibility index (Phi) is 7.29. The summed E-state index contributed by atoms with van der Waals surface area (Å²) < 4.78 is 0. The molecule has 0 aromatic heterocycles. The molecule has 1 aromatic carbocycles. The highest BCUT2D eigenvalue weighted by molar-refractivity contribution is 5.77. The van der Waals surface area contributed by atoms with Crippen molar-refractivity contribution >= 4 is 11.9 Å². The molecule has 0 radical (unpaired) electrons. The molecule has 3 N–H and O–H groups in total. The Morgan fingerprint density at radius 3 is 2.24 bits per heavy atom. The molecule has 1 fully saturated rings. The van der Waals surface area contributed by atoms with E-state index in [0.29, 0.717) is 18.9 Å². The largest absolute Gasteiger partial charge is 0.351 e. The third-order valence-electron chi connectivity index (χ3n) is 4.60. The predicted octanol–water partition coefficient (Wildman–Crippen LogP) is 3.27. The van der Waals surface area contributed by atoms with E-state index in [4.69, 9.17) is 0 Å². The van der Waals surface area contributed by atoms with E-state index in [9.17, 15) is 9.59 Å². The van der Waals surface area contributed by atoms with Crippen LogP contribution in [0.5, 0.6) is 0 Å². The van der Waals surface area contributed by atoms with Gasteiger partial charge in [0.2, 0.25) is 5.91 Å². The van der Waals surface area contributed by atoms with Crippen molar-refractivity contribution in [3.05, 3.63) is 35.4 Å². The fraction of sp³-hybridized carbons (Fsp3) is 0.600. The van der Waals surface area contributed by atoms with Crippen molar-refractivity contribution in [3.63, 3.8) is 0 Å². The Bertz CT molecular complexity index is 569. The van der Waals surface area contributed by atoms with Gasteiger partial charge in [-0.25, -0.2) is 4.79 Å². The average molecular weight is 345 g/mol. The van der Waals surface area contributed by atoms with E-state index in [1.165, 1.54) is 5.56 Å². The Labute approximate surface area is 151 Å². The van der Waals surface area contributed by atoms with Crippen molar-refractivity contribution < 1.29 is 9.59 Å². The molecule has 0 saturated heterocycles. The van der Waals surface area contributed by atoms with Gasteiger partial charge in [-0.15, -0.1) is 0 Å². The third-order valence-corrected chi connectivity index (χ3v) is 4.60. The summed E-state index contributed by atoms with van der Waals surface area (Å²) in [6.45, 7) is 6.62. The summed E-state index contributed by atoms with van der Waals surface area (Å²) in [5.41, 5.74) is 2.28. The summed E-state index contributed by atoms with van der Waals surface area (Å²) in [6, 6.07) is 7.98. The van der Waals surface area contributed by atoms with Crippen molar-refractivity contribution in [2.75, 3.05) is 0 Å².